The summed E-state index contributed by atoms with van der Waals surface area (Å²) in [5.74, 6) is 0.253. The Morgan fingerprint density at radius 1 is 1.18 bits per heavy atom. The molecule has 17 heavy (non-hydrogen) atoms. The molecule has 0 atom stereocenters. The zero-order valence-corrected chi connectivity index (χ0v) is 11.7. The highest BCUT2D eigenvalue weighted by Gasteiger charge is 2.28. The van der Waals surface area contributed by atoms with Crippen LogP contribution in [0.25, 0.3) is 0 Å². The minimum atomic E-state index is -3.10. The van der Waals surface area contributed by atoms with Gasteiger partial charge in [-0.2, -0.15) is 4.31 Å². The van der Waals surface area contributed by atoms with E-state index in [2.05, 4.69) is 0 Å². The van der Waals surface area contributed by atoms with E-state index in [0.29, 0.717) is 19.5 Å². The van der Waals surface area contributed by atoms with Crippen LogP contribution in [-0.2, 0) is 10.0 Å². The molecule has 1 aliphatic carbocycles. The summed E-state index contributed by atoms with van der Waals surface area (Å²) in [4.78, 5) is 0. The molecule has 0 bridgehead atoms. The molecule has 0 aliphatic heterocycles. The summed E-state index contributed by atoms with van der Waals surface area (Å²) in [5.41, 5.74) is 5.56. The van der Waals surface area contributed by atoms with Crippen LogP contribution >= 0.6 is 0 Å². The van der Waals surface area contributed by atoms with Gasteiger partial charge in [-0.15, -0.1) is 0 Å². The van der Waals surface area contributed by atoms with E-state index >= 15 is 0 Å². The normalized spacial score (nSPS) is 19.5. The van der Waals surface area contributed by atoms with Crippen molar-refractivity contribution < 1.29 is 8.42 Å². The van der Waals surface area contributed by atoms with Crippen LogP contribution in [0, 0.1) is 0 Å². The second-order valence-corrected chi connectivity index (χ2v) is 6.90. The molecule has 5 heteroatoms. The molecule has 102 valence electrons. The number of sulfonamides is 1. The molecule has 1 aliphatic rings. The van der Waals surface area contributed by atoms with Gasteiger partial charge in [-0.25, -0.2) is 8.42 Å². The van der Waals surface area contributed by atoms with Gasteiger partial charge in [0.15, 0.2) is 0 Å². The van der Waals surface area contributed by atoms with E-state index in [1.165, 1.54) is 12.8 Å². The van der Waals surface area contributed by atoms with E-state index in [4.69, 9.17) is 5.73 Å². The number of hydrogen-bond donors (Lipinski definition) is 1. The highest BCUT2D eigenvalue weighted by Crippen LogP contribution is 2.24. The largest absolute Gasteiger partial charge is 0.329 e. The summed E-state index contributed by atoms with van der Waals surface area (Å²) in [6, 6.07) is 0.192. The van der Waals surface area contributed by atoms with Crippen molar-refractivity contribution in [3.8, 4) is 0 Å². The van der Waals surface area contributed by atoms with Crippen LogP contribution in [0.2, 0.25) is 0 Å². The zero-order chi connectivity index (χ0) is 12.7. The monoisotopic (exact) mass is 262 g/mol. The third-order valence-electron chi connectivity index (χ3n) is 3.40. The average molecular weight is 262 g/mol. The summed E-state index contributed by atoms with van der Waals surface area (Å²) < 4.78 is 26.1. The Balaban J connectivity index is 2.75. The third kappa shape index (κ3) is 4.56. The quantitative estimate of drug-likeness (QED) is 0.741. The maximum atomic E-state index is 12.2. The van der Waals surface area contributed by atoms with Crippen molar-refractivity contribution in [2.45, 2.75) is 57.9 Å². The van der Waals surface area contributed by atoms with Crippen molar-refractivity contribution in [2.24, 2.45) is 5.73 Å². The Hall–Kier alpha value is -0.130. The van der Waals surface area contributed by atoms with Crippen LogP contribution in [0.1, 0.15) is 51.9 Å². The highest BCUT2D eigenvalue weighted by molar-refractivity contribution is 7.89. The first-order valence-electron chi connectivity index (χ1n) is 6.81. The van der Waals surface area contributed by atoms with Gasteiger partial charge in [0, 0.05) is 19.1 Å². The molecule has 0 aromatic carbocycles. The second kappa shape index (κ2) is 7.34. The molecule has 0 saturated heterocycles. The van der Waals surface area contributed by atoms with Gasteiger partial charge in [-0.1, -0.05) is 32.6 Å². The predicted molar refractivity (Wildman–Crippen MR) is 71.3 cm³/mol. The lowest BCUT2D eigenvalue weighted by molar-refractivity contribution is 0.298. The molecule has 0 heterocycles. The fourth-order valence-corrected chi connectivity index (χ4v) is 4.40. The Kier molecular flexibility index (Phi) is 6.44. The molecule has 4 nitrogen and oxygen atoms in total. The van der Waals surface area contributed by atoms with Gasteiger partial charge >= 0.3 is 0 Å². The molecular weight excluding hydrogens is 236 g/mol. The average Bonchev–Trinajstić information content (AvgIpc) is 2.54. The van der Waals surface area contributed by atoms with E-state index in [0.717, 1.165) is 25.7 Å². The SMILES string of the molecule is CCCS(=O)(=O)N(CCN)C1CCCCCC1. The van der Waals surface area contributed by atoms with Gasteiger partial charge < -0.3 is 5.73 Å². The third-order valence-corrected chi connectivity index (χ3v) is 5.52. The van der Waals surface area contributed by atoms with Crippen LogP contribution in [0.5, 0.6) is 0 Å². The van der Waals surface area contributed by atoms with Gasteiger partial charge in [0.2, 0.25) is 10.0 Å². The van der Waals surface area contributed by atoms with Crippen LogP contribution in [0.15, 0.2) is 0 Å². The van der Waals surface area contributed by atoms with Crippen molar-refractivity contribution in [1.82, 2.24) is 4.31 Å². The maximum Gasteiger partial charge on any atom is 0.214 e. The molecular formula is C12H26N2O2S. The van der Waals surface area contributed by atoms with Crippen molar-refractivity contribution >= 4 is 10.0 Å². The molecule has 0 spiro atoms. The van der Waals surface area contributed by atoms with Crippen LogP contribution in [0.3, 0.4) is 0 Å². The summed E-state index contributed by atoms with van der Waals surface area (Å²) in [6.45, 7) is 2.80. The molecule has 2 N–H and O–H groups in total. The first-order chi connectivity index (χ1) is 8.11. The lowest BCUT2D eigenvalue weighted by atomic mass is 10.1. The maximum absolute atomic E-state index is 12.2. The molecule has 1 saturated carbocycles. The Labute approximate surface area is 106 Å². The van der Waals surface area contributed by atoms with Crippen LogP contribution in [-0.4, -0.2) is 37.6 Å². The number of rotatable bonds is 6. The Morgan fingerprint density at radius 2 is 1.76 bits per heavy atom. The lowest BCUT2D eigenvalue weighted by Gasteiger charge is -2.29. The van der Waals surface area contributed by atoms with Crippen LogP contribution in [0.4, 0.5) is 0 Å². The smallest absolute Gasteiger partial charge is 0.214 e. The van der Waals surface area contributed by atoms with E-state index in [1.54, 1.807) is 4.31 Å². The summed E-state index contributed by atoms with van der Waals surface area (Å²) in [6.07, 6.45) is 7.45. The van der Waals surface area contributed by atoms with Crippen molar-refractivity contribution in [3.05, 3.63) is 0 Å². The lowest BCUT2D eigenvalue weighted by Crippen LogP contribution is -2.44. The fraction of sp³-hybridized carbons (Fsp3) is 1.00. The van der Waals surface area contributed by atoms with E-state index in [1.807, 2.05) is 6.92 Å². The van der Waals surface area contributed by atoms with Gasteiger partial charge in [0.1, 0.15) is 0 Å². The van der Waals surface area contributed by atoms with Gasteiger partial charge in [0.05, 0.1) is 5.75 Å². The molecule has 0 unspecified atom stereocenters. The highest BCUT2D eigenvalue weighted by atomic mass is 32.2. The number of nitrogens with zero attached hydrogens (tertiary/aromatic N) is 1. The predicted octanol–water partition coefficient (Wildman–Crippen LogP) is 1.71. The van der Waals surface area contributed by atoms with Crippen molar-refractivity contribution in [2.75, 3.05) is 18.8 Å². The van der Waals surface area contributed by atoms with Gasteiger partial charge in [0.25, 0.3) is 0 Å². The summed E-state index contributed by atoms with van der Waals surface area (Å²) in [7, 11) is -3.10. The molecule has 0 radical (unpaired) electrons. The van der Waals surface area contributed by atoms with Crippen molar-refractivity contribution in [3.63, 3.8) is 0 Å². The number of hydrogen-bond acceptors (Lipinski definition) is 3. The molecule has 1 rings (SSSR count). The summed E-state index contributed by atoms with van der Waals surface area (Å²) >= 11 is 0. The second-order valence-electron chi connectivity index (χ2n) is 4.86. The first kappa shape index (κ1) is 14.9. The fourth-order valence-electron chi connectivity index (χ4n) is 2.60. The first-order valence-corrected chi connectivity index (χ1v) is 8.42. The van der Waals surface area contributed by atoms with Crippen molar-refractivity contribution in [1.29, 1.82) is 0 Å². The minimum absolute atomic E-state index is 0.192. The molecule has 1 fully saturated rings. The zero-order valence-electron chi connectivity index (χ0n) is 10.9. The van der Waals surface area contributed by atoms with E-state index in [9.17, 15) is 8.42 Å². The number of nitrogens with two attached hydrogens (primary N) is 1. The Morgan fingerprint density at radius 3 is 2.24 bits per heavy atom. The van der Waals surface area contributed by atoms with Gasteiger partial charge in [-0.3, -0.25) is 0 Å². The van der Waals surface area contributed by atoms with E-state index in [-0.39, 0.29) is 11.8 Å². The van der Waals surface area contributed by atoms with E-state index < -0.39 is 10.0 Å². The molecule has 0 aromatic heterocycles. The topological polar surface area (TPSA) is 63.4 Å². The summed E-state index contributed by atoms with van der Waals surface area (Å²) in [5, 5.41) is 0. The van der Waals surface area contributed by atoms with Crippen LogP contribution < -0.4 is 5.73 Å². The molecule has 0 amide bonds. The molecule has 0 aromatic rings. The van der Waals surface area contributed by atoms with Gasteiger partial charge in [-0.05, 0) is 19.3 Å². The Bertz CT molecular complexity index is 296. The minimum Gasteiger partial charge on any atom is -0.329 e. The standard InChI is InChI=1S/C12H26N2O2S/c1-2-11-17(15,16)14(10-9-13)12-7-5-3-4-6-8-12/h12H,2-11,13H2,1H3.